The van der Waals surface area contributed by atoms with Crippen LogP contribution < -0.4 is 5.32 Å². The summed E-state index contributed by atoms with van der Waals surface area (Å²) in [5.74, 6) is 0.186. The fraction of sp³-hybridized carbons (Fsp3) is 0.500. The molecule has 0 aliphatic carbocycles. The molecule has 1 aliphatic heterocycles. The number of piperidine rings is 1. The van der Waals surface area contributed by atoms with Crippen molar-refractivity contribution in [1.82, 2.24) is 5.32 Å². The molecule has 0 bridgehead atoms. The predicted molar refractivity (Wildman–Crippen MR) is 75.4 cm³/mol. The topological polar surface area (TPSA) is 29.1 Å². The Bertz CT molecular complexity index is 453. The Labute approximate surface area is 118 Å². The third-order valence-corrected chi connectivity index (χ3v) is 4.47. The third-order valence-electron chi connectivity index (χ3n) is 3.62. The number of carbonyl (C=O) groups is 1. The minimum Gasteiger partial charge on any atom is -0.305 e. The van der Waals surface area contributed by atoms with E-state index in [1.165, 1.54) is 0 Å². The van der Waals surface area contributed by atoms with Crippen molar-refractivity contribution >= 4 is 29.0 Å². The first-order chi connectivity index (χ1) is 8.53. The van der Waals surface area contributed by atoms with Crippen LogP contribution in [0.5, 0.6) is 0 Å². The monoisotopic (exact) mass is 285 g/mol. The Morgan fingerprint density at radius 1 is 1.39 bits per heavy atom. The van der Waals surface area contributed by atoms with Crippen molar-refractivity contribution in [3.8, 4) is 0 Å². The normalized spacial score (nSPS) is 23.9. The average Bonchev–Trinajstić information content (AvgIpc) is 2.36. The highest BCUT2D eigenvalue weighted by atomic mass is 35.5. The fourth-order valence-corrected chi connectivity index (χ4v) is 2.73. The van der Waals surface area contributed by atoms with Crippen molar-refractivity contribution in [2.75, 3.05) is 6.54 Å². The second kappa shape index (κ2) is 5.60. The van der Waals surface area contributed by atoms with Gasteiger partial charge in [0, 0.05) is 6.42 Å². The van der Waals surface area contributed by atoms with Crippen molar-refractivity contribution < 1.29 is 4.79 Å². The van der Waals surface area contributed by atoms with Gasteiger partial charge in [-0.25, -0.2) is 0 Å². The number of Topliss-reactive ketones (excluding diaryl/α,β-unsaturated/α-hetero) is 1. The van der Waals surface area contributed by atoms with Crippen molar-refractivity contribution in [1.29, 1.82) is 0 Å². The molecule has 0 radical (unpaired) electrons. The molecule has 1 saturated heterocycles. The lowest BCUT2D eigenvalue weighted by atomic mass is 9.84. The highest BCUT2D eigenvalue weighted by Crippen LogP contribution is 2.28. The van der Waals surface area contributed by atoms with Gasteiger partial charge in [-0.05, 0) is 44.4 Å². The molecule has 1 N–H and O–H groups in total. The molecule has 1 unspecified atom stereocenters. The van der Waals surface area contributed by atoms with Gasteiger partial charge in [0.2, 0.25) is 0 Å². The van der Waals surface area contributed by atoms with Crippen molar-refractivity contribution in [2.24, 2.45) is 0 Å². The number of hydrogen-bond acceptors (Lipinski definition) is 2. The van der Waals surface area contributed by atoms with Crippen molar-refractivity contribution in [2.45, 2.75) is 38.1 Å². The van der Waals surface area contributed by atoms with Crippen LogP contribution in [0.15, 0.2) is 18.2 Å². The van der Waals surface area contributed by atoms with Crippen LogP contribution in [0.1, 0.15) is 31.7 Å². The van der Waals surface area contributed by atoms with Gasteiger partial charge in [-0.3, -0.25) is 4.79 Å². The quantitative estimate of drug-likeness (QED) is 0.919. The smallest absolute Gasteiger partial charge is 0.156 e. The van der Waals surface area contributed by atoms with Gasteiger partial charge in [0.15, 0.2) is 5.78 Å². The Kier molecular flexibility index (Phi) is 4.31. The van der Waals surface area contributed by atoms with Gasteiger partial charge in [0.1, 0.15) is 0 Å². The van der Waals surface area contributed by atoms with Crippen LogP contribution in [0.2, 0.25) is 10.0 Å². The zero-order chi connectivity index (χ0) is 13.2. The number of nitrogens with one attached hydrogen (secondary N) is 1. The zero-order valence-corrected chi connectivity index (χ0v) is 11.9. The molecule has 0 spiro atoms. The standard InChI is InChI=1S/C14H17Cl2NO/c1-14(7-2-3-8-17-14)12(18)9-10-5-4-6-11(15)13(10)16/h4-6,17H,2-3,7-9H2,1H3. The molecule has 1 aromatic carbocycles. The van der Waals surface area contributed by atoms with Crippen LogP contribution >= 0.6 is 23.2 Å². The summed E-state index contributed by atoms with van der Waals surface area (Å²) in [6.45, 7) is 2.89. The Hall–Kier alpha value is -0.570. The summed E-state index contributed by atoms with van der Waals surface area (Å²) >= 11 is 12.1. The second-order valence-corrected chi connectivity index (χ2v) is 5.81. The summed E-state index contributed by atoms with van der Waals surface area (Å²) in [5.41, 5.74) is 0.395. The molecule has 1 aromatic rings. The predicted octanol–water partition coefficient (Wildman–Crippen LogP) is 3.64. The summed E-state index contributed by atoms with van der Waals surface area (Å²) in [7, 11) is 0. The maximum Gasteiger partial charge on any atom is 0.156 e. The van der Waals surface area contributed by atoms with E-state index < -0.39 is 5.54 Å². The SMILES string of the molecule is CC1(C(=O)Cc2cccc(Cl)c2Cl)CCCCN1. The van der Waals surface area contributed by atoms with Gasteiger partial charge in [0.25, 0.3) is 0 Å². The van der Waals surface area contributed by atoms with E-state index in [2.05, 4.69) is 5.32 Å². The first-order valence-corrected chi connectivity index (χ1v) is 7.00. The van der Waals surface area contributed by atoms with Gasteiger partial charge < -0.3 is 5.32 Å². The van der Waals surface area contributed by atoms with E-state index in [4.69, 9.17) is 23.2 Å². The molecule has 0 aromatic heterocycles. The van der Waals surface area contributed by atoms with E-state index in [-0.39, 0.29) is 5.78 Å². The number of rotatable bonds is 3. The molecule has 0 saturated carbocycles. The zero-order valence-electron chi connectivity index (χ0n) is 10.4. The molecule has 0 amide bonds. The van der Waals surface area contributed by atoms with E-state index in [0.29, 0.717) is 16.5 Å². The van der Waals surface area contributed by atoms with E-state index >= 15 is 0 Å². The lowest BCUT2D eigenvalue weighted by molar-refractivity contribution is -0.125. The molecular formula is C14H17Cl2NO. The van der Waals surface area contributed by atoms with E-state index in [0.717, 1.165) is 31.4 Å². The van der Waals surface area contributed by atoms with Gasteiger partial charge in [0.05, 0.1) is 15.6 Å². The third kappa shape index (κ3) is 2.87. The Balaban J connectivity index is 2.13. The summed E-state index contributed by atoms with van der Waals surface area (Å²) in [4.78, 5) is 12.4. The van der Waals surface area contributed by atoms with E-state index in [9.17, 15) is 4.79 Å². The summed E-state index contributed by atoms with van der Waals surface area (Å²) in [5, 5.41) is 4.32. The molecule has 1 fully saturated rings. The van der Waals surface area contributed by atoms with Crippen LogP contribution in [0, 0.1) is 0 Å². The Morgan fingerprint density at radius 2 is 2.17 bits per heavy atom. The van der Waals surface area contributed by atoms with Crippen molar-refractivity contribution in [3.05, 3.63) is 33.8 Å². The highest BCUT2D eigenvalue weighted by molar-refractivity contribution is 6.42. The maximum atomic E-state index is 12.4. The molecule has 4 heteroatoms. The highest BCUT2D eigenvalue weighted by Gasteiger charge is 2.33. The van der Waals surface area contributed by atoms with E-state index in [1.807, 2.05) is 19.1 Å². The van der Waals surface area contributed by atoms with Crippen LogP contribution in [-0.4, -0.2) is 17.9 Å². The Morgan fingerprint density at radius 3 is 2.83 bits per heavy atom. The summed E-state index contributed by atoms with van der Waals surface area (Å²) in [6, 6.07) is 5.42. The summed E-state index contributed by atoms with van der Waals surface area (Å²) < 4.78 is 0. The minimum absolute atomic E-state index is 0.186. The molecule has 2 nitrogen and oxygen atoms in total. The van der Waals surface area contributed by atoms with Crippen LogP contribution in [0.3, 0.4) is 0 Å². The number of benzene rings is 1. The molecular weight excluding hydrogens is 269 g/mol. The number of halogens is 2. The van der Waals surface area contributed by atoms with Crippen LogP contribution in [-0.2, 0) is 11.2 Å². The van der Waals surface area contributed by atoms with Crippen LogP contribution in [0.25, 0.3) is 0 Å². The number of carbonyl (C=O) groups excluding carboxylic acids is 1. The van der Waals surface area contributed by atoms with Crippen LogP contribution in [0.4, 0.5) is 0 Å². The minimum atomic E-state index is -0.413. The molecule has 2 rings (SSSR count). The summed E-state index contributed by atoms with van der Waals surface area (Å²) in [6.07, 6.45) is 3.46. The van der Waals surface area contributed by atoms with Gasteiger partial charge in [-0.2, -0.15) is 0 Å². The molecule has 18 heavy (non-hydrogen) atoms. The first-order valence-electron chi connectivity index (χ1n) is 6.24. The second-order valence-electron chi connectivity index (χ2n) is 5.03. The first kappa shape index (κ1) is 13.9. The average molecular weight is 286 g/mol. The lowest BCUT2D eigenvalue weighted by Gasteiger charge is -2.33. The largest absolute Gasteiger partial charge is 0.305 e. The van der Waals surface area contributed by atoms with Gasteiger partial charge in [-0.1, -0.05) is 35.3 Å². The van der Waals surface area contributed by atoms with Gasteiger partial charge in [-0.15, -0.1) is 0 Å². The number of hydrogen-bond donors (Lipinski definition) is 1. The fourth-order valence-electron chi connectivity index (χ4n) is 2.35. The molecule has 1 atom stereocenters. The van der Waals surface area contributed by atoms with Gasteiger partial charge >= 0.3 is 0 Å². The number of ketones is 1. The molecule has 98 valence electrons. The molecule has 1 heterocycles. The molecule has 1 aliphatic rings. The lowest BCUT2D eigenvalue weighted by Crippen LogP contribution is -2.52. The maximum absolute atomic E-state index is 12.4. The van der Waals surface area contributed by atoms with Crippen molar-refractivity contribution in [3.63, 3.8) is 0 Å². The van der Waals surface area contributed by atoms with E-state index in [1.54, 1.807) is 6.07 Å².